The molecule has 1 saturated heterocycles. The molecule has 9 atom stereocenters. The third-order valence-corrected chi connectivity index (χ3v) is 8.66. The van der Waals surface area contributed by atoms with Crippen LogP contribution in [0.5, 0.6) is 0 Å². The highest BCUT2D eigenvalue weighted by Gasteiger charge is 2.41. The molecule has 0 saturated carbocycles. The summed E-state index contributed by atoms with van der Waals surface area (Å²) in [4.78, 5) is 39.9. The quantitative estimate of drug-likeness (QED) is 0.110. The van der Waals surface area contributed by atoms with Crippen LogP contribution in [-0.2, 0) is 28.5 Å². The molecule has 0 aliphatic carbocycles. The third-order valence-electron chi connectivity index (χ3n) is 8.66. The highest BCUT2D eigenvalue weighted by Crippen LogP contribution is 2.31. The fourth-order valence-corrected chi connectivity index (χ4v) is 5.83. The lowest BCUT2D eigenvalue weighted by Gasteiger charge is -2.38. The van der Waals surface area contributed by atoms with E-state index in [1.165, 1.54) is 6.92 Å². The fourth-order valence-electron chi connectivity index (χ4n) is 5.83. The van der Waals surface area contributed by atoms with E-state index in [1.54, 1.807) is 63.0 Å². The Labute approximate surface area is 280 Å². The van der Waals surface area contributed by atoms with E-state index in [2.05, 4.69) is 5.32 Å². The number of hydrogen-bond acceptors (Lipinski definition) is 11. The van der Waals surface area contributed by atoms with Gasteiger partial charge in [0.2, 0.25) is 0 Å². The first-order chi connectivity index (χ1) is 22.0. The second kappa shape index (κ2) is 18.7. The van der Waals surface area contributed by atoms with E-state index in [0.29, 0.717) is 44.6 Å². The molecule has 1 amide bonds. The summed E-state index contributed by atoms with van der Waals surface area (Å²) in [5.74, 6) is -1.56. The predicted octanol–water partition coefficient (Wildman–Crippen LogP) is 3.58. The van der Waals surface area contributed by atoms with Crippen LogP contribution >= 0.6 is 0 Å². The van der Waals surface area contributed by atoms with Gasteiger partial charge in [-0.3, -0.25) is 9.59 Å². The van der Waals surface area contributed by atoms with Crippen LogP contribution in [0.15, 0.2) is 36.0 Å². The van der Waals surface area contributed by atoms with Crippen LogP contribution < -0.4 is 5.32 Å². The van der Waals surface area contributed by atoms with Gasteiger partial charge in [-0.1, -0.05) is 38.2 Å². The maximum absolute atomic E-state index is 13.2. The summed E-state index contributed by atoms with van der Waals surface area (Å²) >= 11 is 0. The number of carbonyl (C=O) groups excluding carboxylic acids is 3. The minimum absolute atomic E-state index is 0.0945. The number of aliphatic hydroxyl groups excluding tert-OH is 2. The normalized spacial score (nSPS) is 30.6. The maximum atomic E-state index is 13.2. The second-order valence-electron chi connectivity index (χ2n) is 13.5. The predicted molar refractivity (Wildman–Crippen MR) is 177 cm³/mol. The van der Waals surface area contributed by atoms with Crippen molar-refractivity contribution >= 4 is 18.0 Å². The lowest BCUT2D eigenvalue weighted by atomic mass is 9.88. The minimum atomic E-state index is -1.32. The van der Waals surface area contributed by atoms with E-state index < -0.39 is 59.6 Å². The molecule has 1 unspecified atom stereocenters. The number of esters is 2. The van der Waals surface area contributed by atoms with Crippen LogP contribution in [0.3, 0.4) is 0 Å². The molecule has 268 valence electrons. The Morgan fingerprint density at radius 2 is 1.89 bits per heavy atom. The summed E-state index contributed by atoms with van der Waals surface area (Å²) in [6.07, 6.45) is 4.71. The highest BCUT2D eigenvalue weighted by atomic mass is 16.6. The van der Waals surface area contributed by atoms with E-state index in [-0.39, 0.29) is 31.5 Å². The fraction of sp³-hybridized carbons (Fsp3) is 0.743. The van der Waals surface area contributed by atoms with Crippen molar-refractivity contribution in [3.63, 3.8) is 0 Å². The van der Waals surface area contributed by atoms with Crippen LogP contribution in [0.4, 0.5) is 4.79 Å². The number of nitrogens with zero attached hydrogens (tertiary/aromatic N) is 1. The van der Waals surface area contributed by atoms with Gasteiger partial charge in [0.25, 0.3) is 0 Å². The first-order valence-corrected chi connectivity index (χ1v) is 16.8. The van der Waals surface area contributed by atoms with Crippen molar-refractivity contribution in [1.29, 1.82) is 0 Å². The van der Waals surface area contributed by atoms with Gasteiger partial charge in [0.05, 0.1) is 36.4 Å². The standard InChI is InChI=1S/C35H58N2O10/c1-9-29(40)26(5)44-25(4)22-34(7,43)15-10-11-23(2)32-24(3)12-13-30(45-27(6)38)35(8,16-14-28(39)21-31(41)46-32)47-33(42)37-19-17-36-18-20-37/h10-13,15,24-26,28-30,32,36,39-40,43H,9,14,16-22H2,1-8H3/b13-12+,15-10+,23-11+/t24-,25-,26?,28+,29-,30-,32+,34-,35+/m0/s1. The topological polar surface area (TPSA) is 164 Å². The molecule has 2 aliphatic rings. The molecule has 0 spiro atoms. The number of hydrogen-bond donors (Lipinski definition) is 4. The second-order valence-corrected chi connectivity index (χ2v) is 13.5. The first kappa shape index (κ1) is 40.4. The number of nitrogens with one attached hydrogen (secondary N) is 1. The molecule has 0 aromatic heterocycles. The Balaban J connectivity index is 2.31. The zero-order chi connectivity index (χ0) is 35.4. The molecule has 12 heteroatoms. The molecule has 0 radical (unpaired) electrons. The van der Waals surface area contributed by atoms with Crippen LogP contribution in [-0.4, -0.2) is 112 Å². The van der Waals surface area contributed by atoms with E-state index in [4.69, 9.17) is 18.9 Å². The van der Waals surface area contributed by atoms with Crippen molar-refractivity contribution in [2.24, 2.45) is 5.92 Å². The molecule has 2 rings (SSSR count). The van der Waals surface area contributed by atoms with Gasteiger partial charge in [-0.15, -0.1) is 0 Å². The number of amides is 1. The van der Waals surface area contributed by atoms with Crippen LogP contribution in [0.1, 0.15) is 87.5 Å². The zero-order valence-corrected chi connectivity index (χ0v) is 29.4. The number of cyclic esters (lactones) is 1. The van der Waals surface area contributed by atoms with E-state index in [9.17, 15) is 29.7 Å². The number of allylic oxidation sites excluding steroid dienone is 2. The molecule has 2 aliphatic heterocycles. The summed E-state index contributed by atoms with van der Waals surface area (Å²) in [6, 6.07) is 0. The molecule has 1 fully saturated rings. The summed E-state index contributed by atoms with van der Waals surface area (Å²) < 4.78 is 23.4. The Bertz CT molecular complexity index is 1120. The lowest BCUT2D eigenvalue weighted by molar-refractivity contribution is -0.158. The van der Waals surface area contributed by atoms with Crippen LogP contribution in [0, 0.1) is 5.92 Å². The molecule has 2 heterocycles. The van der Waals surface area contributed by atoms with Crippen LogP contribution in [0.2, 0.25) is 0 Å². The summed E-state index contributed by atoms with van der Waals surface area (Å²) in [5.41, 5.74) is -1.86. The summed E-state index contributed by atoms with van der Waals surface area (Å²) in [6.45, 7) is 16.0. The number of aliphatic hydroxyl groups is 3. The molecule has 0 bridgehead atoms. The lowest BCUT2D eigenvalue weighted by Crippen LogP contribution is -2.52. The molecule has 0 aromatic rings. The van der Waals surface area contributed by atoms with Gasteiger partial charge < -0.3 is 44.5 Å². The Morgan fingerprint density at radius 3 is 2.51 bits per heavy atom. The van der Waals surface area contributed by atoms with Crippen molar-refractivity contribution in [3.8, 4) is 0 Å². The molecular weight excluding hydrogens is 608 g/mol. The van der Waals surface area contributed by atoms with E-state index in [0.717, 1.165) is 0 Å². The average Bonchev–Trinajstić information content (AvgIpc) is 2.99. The third kappa shape index (κ3) is 13.7. The van der Waals surface area contributed by atoms with Crippen LogP contribution in [0.25, 0.3) is 0 Å². The molecule has 12 nitrogen and oxygen atoms in total. The molecule has 47 heavy (non-hydrogen) atoms. The minimum Gasteiger partial charge on any atom is -0.457 e. The van der Waals surface area contributed by atoms with Gasteiger partial charge in [0, 0.05) is 45.4 Å². The smallest absolute Gasteiger partial charge is 0.410 e. The van der Waals surface area contributed by atoms with Gasteiger partial charge in [0.1, 0.15) is 6.10 Å². The maximum Gasteiger partial charge on any atom is 0.410 e. The van der Waals surface area contributed by atoms with Crippen molar-refractivity contribution in [1.82, 2.24) is 10.2 Å². The average molecular weight is 667 g/mol. The number of piperazine rings is 1. The van der Waals surface area contributed by atoms with Crippen molar-refractivity contribution in [2.75, 3.05) is 26.2 Å². The van der Waals surface area contributed by atoms with Gasteiger partial charge >= 0.3 is 18.0 Å². The number of carbonyl (C=O) groups is 3. The van der Waals surface area contributed by atoms with Gasteiger partial charge in [-0.25, -0.2) is 4.79 Å². The van der Waals surface area contributed by atoms with Crippen molar-refractivity contribution in [2.45, 2.75) is 135 Å². The highest BCUT2D eigenvalue weighted by molar-refractivity contribution is 5.71. The SMILES string of the molecule is CC[C@H](O)C(C)O[C@@H](C)C[C@@](C)(O)/C=C/C=C(\C)[C@H]1OC(=O)C[C@H](O)CC[C@@](C)(OC(=O)N2CCNCC2)[C@@H](OC(C)=O)/C=C/[C@@H]1C. The van der Waals surface area contributed by atoms with Gasteiger partial charge in [-0.05, 0) is 65.5 Å². The first-order valence-electron chi connectivity index (χ1n) is 16.8. The Hall–Kier alpha value is -2.77. The molecule has 4 N–H and O–H groups in total. The molecule has 0 aromatic carbocycles. The number of rotatable bonds is 11. The number of ether oxygens (including phenoxy) is 4. The summed E-state index contributed by atoms with van der Waals surface area (Å²) in [5, 5.41) is 35.0. The van der Waals surface area contributed by atoms with E-state index in [1.807, 2.05) is 20.8 Å². The van der Waals surface area contributed by atoms with Gasteiger partial charge in [0.15, 0.2) is 11.7 Å². The Morgan fingerprint density at radius 1 is 1.23 bits per heavy atom. The van der Waals surface area contributed by atoms with E-state index >= 15 is 0 Å². The van der Waals surface area contributed by atoms with Gasteiger partial charge in [-0.2, -0.15) is 0 Å². The van der Waals surface area contributed by atoms with Crippen molar-refractivity contribution in [3.05, 3.63) is 36.0 Å². The molecular formula is C35H58N2O10. The largest absolute Gasteiger partial charge is 0.457 e. The zero-order valence-electron chi connectivity index (χ0n) is 29.4. The summed E-state index contributed by atoms with van der Waals surface area (Å²) in [7, 11) is 0. The monoisotopic (exact) mass is 666 g/mol. The Kier molecular flexibility index (Phi) is 16.1. The van der Waals surface area contributed by atoms with Crippen molar-refractivity contribution < 1.29 is 48.7 Å².